The highest BCUT2D eigenvalue weighted by molar-refractivity contribution is 8.00. The fourth-order valence-corrected chi connectivity index (χ4v) is 5.71. The van der Waals surface area contributed by atoms with E-state index in [0.29, 0.717) is 44.4 Å². The van der Waals surface area contributed by atoms with Crippen LogP contribution in [0.25, 0.3) is 0 Å². The second-order valence-corrected chi connectivity index (χ2v) is 9.83. The molecule has 0 radical (unpaired) electrons. The van der Waals surface area contributed by atoms with Gasteiger partial charge in [-0.1, -0.05) is 55.9 Å². The Balaban J connectivity index is 1.83. The van der Waals surface area contributed by atoms with E-state index in [0.717, 1.165) is 5.56 Å². The van der Waals surface area contributed by atoms with Crippen molar-refractivity contribution < 1.29 is 17.9 Å². The predicted octanol–water partition coefficient (Wildman–Crippen LogP) is 2.80. The van der Waals surface area contributed by atoms with Gasteiger partial charge in [0.2, 0.25) is 15.9 Å². The zero-order chi connectivity index (χ0) is 21.6. The van der Waals surface area contributed by atoms with Crippen LogP contribution >= 0.6 is 11.8 Å². The second kappa shape index (κ2) is 10.4. The lowest BCUT2D eigenvalue weighted by Crippen LogP contribution is -2.42. The van der Waals surface area contributed by atoms with Crippen LogP contribution < -0.4 is 0 Å². The SMILES string of the molecule is CCN(CC)S(=O)(=O)c1ccc(SC(C(=O)N2CCOCC2)c2ccccc2)nc1. The van der Waals surface area contributed by atoms with Crippen molar-refractivity contribution in [1.29, 1.82) is 0 Å². The van der Waals surface area contributed by atoms with Gasteiger partial charge in [-0.2, -0.15) is 4.31 Å². The number of aromatic nitrogens is 1. The molecule has 0 saturated carbocycles. The summed E-state index contributed by atoms with van der Waals surface area (Å²) in [4.78, 5) is 19.5. The van der Waals surface area contributed by atoms with Gasteiger partial charge in [-0.3, -0.25) is 4.79 Å². The van der Waals surface area contributed by atoms with E-state index >= 15 is 0 Å². The van der Waals surface area contributed by atoms with Crippen LogP contribution in [0, 0.1) is 0 Å². The summed E-state index contributed by atoms with van der Waals surface area (Å²) in [6.45, 7) is 6.62. The normalized spacial score (nSPS) is 15.9. The van der Waals surface area contributed by atoms with Gasteiger partial charge in [-0.25, -0.2) is 13.4 Å². The van der Waals surface area contributed by atoms with Gasteiger partial charge < -0.3 is 9.64 Å². The number of hydrogen-bond acceptors (Lipinski definition) is 6. The van der Waals surface area contributed by atoms with Crippen molar-refractivity contribution in [3.8, 4) is 0 Å². The Bertz CT molecular complexity index is 926. The van der Waals surface area contributed by atoms with Gasteiger partial charge in [-0.05, 0) is 17.7 Å². The Morgan fingerprint density at radius 2 is 1.80 bits per heavy atom. The minimum atomic E-state index is -3.56. The van der Waals surface area contributed by atoms with Gasteiger partial charge >= 0.3 is 0 Å². The number of carbonyl (C=O) groups is 1. The quantitative estimate of drug-likeness (QED) is 0.577. The Labute approximate surface area is 182 Å². The molecule has 1 fully saturated rings. The van der Waals surface area contributed by atoms with Crippen LogP contribution in [0.15, 0.2) is 58.6 Å². The summed E-state index contributed by atoms with van der Waals surface area (Å²) in [6.07, 6.45) is 1.37. The topological polar surface area (TPSA) is 79.8 Å². The first-order valence-corrected chi connectivity index (χ1v) is 12.3. The molecule has 1 aliphatic rings. The molecule has 1 amide bonds. The van der Waals surface area contributed by atoms with Gasteiger partial charge in [0.1, 0.15) is 10.1 Å². The fraction of sp³-hybridized carbons (Fsp3) is 0.429. The predicted molar refractivity (Wildman–Crippen MR) is 117 cm³/mol. The summed E-state index contributed by atoms with van der Waals surface area (Å²) < 4.78 is 32.1. The number of amides is 1. The maximum Gasteiger partial charge on any atom is 0.244 e. The second-order valence-electron chi connectivity index (χ2n) is 6.77. The molecule has 162 valence electrons. The van der Waals surface area contributed by atoms with E-state index in [1.54, 1.807) is 26.0 Å². The van der Waals surface area contributed by atoms with Gasteiger partial charge in [0.05, 0.1) is 18.2 Å². The molecule has 30 heavy (non-hydrogen) atoms. The molecule has 0 aliphatic carbocycles. The molecule has 1 unspecified atom stereocenters. The molecule has 7 nitrogen and oxygen atoms in total. The summed E-state index contributed by atoms with van der Waals surface area (Å²) >= 11 is 1.33. The fourth-order valence-electron chi connectivity index (χ4n) is 3.26. The smallest absolute Gasteiger partial charge is 0.244 e. The Hall–Kier alpha value is -1.94. The largest absolute Gasteiger partial charge is 0.378 e. The number of rotatable bonds is 8. The lowest BCUT2D eigenvalue weighted by molar-refractivity contribution is -0.134. The monoisotopic (exact) mass is 449 g/mol. The number of morpholine rings is 1. The highest BCUT2D eigenvalue weighted by Gasteiger charge is 2.29. The van der Waals surface area contributed by atoms with E-state index in [1.165, 1.54) is 22.3 Å². The van der Waals surface area contributed by atoms with Crippen LogP contribution in [-0.2, 0) is 19.6 Å². The Morgan fingerprint density at radius 3 is 2.37 bits per heavy atom. The molecule has 0 N–H and O–H groups in total. The molecule has 2 heterocycles. The molecule has 0 spiro atoms. The molecule has 1 atom stereocenters. The van der Waals surface area contributed by atoms with Crippen LogP contribution in [0.4, 0.5) is 0 Å². The van der Waals surface area contributed by atoms with Crippen molar-refractivity contribution in [2.45, 2.75) is 29.0 Å². The first-order chi connectivity index (χ1) is 14.5. The minimum Gasteiger partial charge on any atom is -0.378 e. The average molecular weight is 450 g/mol. The highest BCUT2D eigenvalue weighted by Crippen LogP contribution is 2.36. The third-order valence-corrected chi connectivity index (χ3v) is 8.17. The van der Waals surface area contributed by atoms with Crippen molar-refractivity contribution >= 4 is 27.7 Å². The molecule has 3 rings (SSSR count). The van der Waals surface area contributed by atoms with E-state index in [4.69, 9.17) is 4.74 Å². The van der Waals surface area contributed by atoms with E-state index in [-0.39, 0.29) is 10.8 Å². The van der Waals surface area contributed by atoms with Crippen LogP contribution in [0.3, 0.4) is 0 Å². The third kappa shape index (κ3) is 5.21. The summed E-state index contributed by atoms with van der Waals surface area (Å²) in [6, 6.07) is 12.8. The van der Waals surface area contributed by atoms with Crippen molar-refractivity contribution in [3.05, 3.63) is 54.2 Å². The van der Waals surface area contributed by atoms with Crippen LogP contribution in [0.5, 0.6) is 0 Å². The lowest BCUT2D eigenvalue weighted by atomic mass is 10.1. The van der Waals surface area contributed by atoms with Crippen molar-refractivity contribution in [1.82, 2.24) is 14.2 Å². The maximum atomic E-state index is 13.2. The summed E-state index contributed by atoms with van der Waals surface area (Å²) in [5, 5.41) is 0.144. The first kappa shape index (κ1) is 22.7. The van der Waals surface area contributed by atoms with Crippen LogP contribution in [0.1, 0.15) is 24.7 Å². The number of benzene rings is 1. The van der Waals surface area contributed by atoms with E-state index in [1.807, 2.05) is 35.2 Å². The summed E-state index contributed by atoms with van der Waals surface area (Å²) in [7, 11) is -3.56. The van der Waals surface area contributed by atoms with Crippen LogP contribution in [-0.4, -0.2) is 67.9 Å². The van der Waals surface area contributed by atoms with Crippen molar-refractivity contribution in [3.63, 3.8) is 0 Å². The highest BCUT2D eigenvalue weighted by atomic mass is 32.2. The number of nitrogens with zero attached hydrogens (tertiary/aromatic N) is 3. The molecule has 1 aliphatic heterocycles. The maximum absolute atomic E-state index is 13.2. The molecular formula is C21H27N3O4S2. The summed E-state index contributed by atoms with van der Waals surface area (Å²) in [5.41, 5.74) is 0.889. The Morgan fingerprint density at radius 1 is 1.13 bits per heavy atom. The number of pyridine rings is 1. The summed E-state index contributed by atoms with van der Waals surface area (Å²) in [5.74, 6) is 0.0103. The average Bonchev–Trinajstić information content (AvgIpc) is 2.79. The number of hydrogen-bond donors (Lipinski definition) is 0. The molecule has 9 heteroatoms. The minimum absolute atomic E-state index is 0.0103. The molecule has 1 aromatic carbocycles. The number of thioether (sulfide) groups is 1. The first-order valence-electron chi connectivity index (χ1n) is 10.0. The number of carbonyl (C=O) groups excluding carboxylic acids is 1. The van der Waals surface area contributed by atoms with Crippen molar-refractivity contribution in [2.75, 3.05) is 39.4 Å². The molecule has 1 saturated heterocycles. The zero-order valence-corrected chi connectivity index (χ0v) is 18.9. The third-order valence-electron chi connectivity index (χ3n) is 4.94. The van der Waals surface area contributed by atoms with Gasteiger partial charge in [0.25, 0.3) is 0 Å². The standard InChI is InChI=1S/C21H27N3O4S2/c1-3-24(4-2)30(26,27)18-10-11-19(22-16-18)29-20(17-8-6-5-7-9-17)21(25)23-12-14-28-15-13-23/h5-11,16,20H,3-4,12-15H2,1-2H3. The Kier molecular flexibility index (Phi) is 7.87. The molecule has 0 bridgehead atoms. The van der Waals surface area contributed by atoms with Gasteiger partial charge in [0.15, 0.2) is 0 Å². The van der Waals surface area contributed by atoms with Gasteiger partial charge in [-0.15, -0.1) is 0 Å². The molecule has 1 aromatic heterocycles. The molecular weight excluding hydrogens is 422 g/mol. The van der Waals surface area contributed by atoms with Gasteiger partial charge in [0, 0.05) is 32.4 Å². The zero-order valence-electron chi connectivity index (χ0n) is 17.2. The van der Waals surface area contributed by atoms with E-state index in [2.05, 4.69) is 4.98 Å². The lowest BCUT2D eigenvalue weighted by Gasteiger charge is -2.30. The number of sulfonamides is 1. The van der Waals surface area contributed by atoms with Crippen molar-refractivity contribution in [2.24, 2.45) is 0 Å². The molecule has 2 aromatic rings. The van der Waals surface area contributed by atoms with E-state index in [9.17, 15) is 13.2 Å². The van der Waals surface area contributed by atoms with Crippen LogP contribution in [0.2, 0.25) is 0 Å². The number of ether oxygens (including phenoxy) is 1. The van der Waals surface area contributed by atoms with E-state index < -0.39 is 15.3 Å².